The lowest BCUT2D eigenvalue weighted by atomic mass is 9.88. The maximum absolute atomic E-state index is 3.41. The number of hydrogen-bond acceptors (Lipinski definition) is 2. The van der Waals surface area contributed by atoms with Gasteiger partial charge in [-0.25, -0.2) is 0 Å². The van der Waals surface area contributed by atoms with E-state index in [9.17, 15) is 0 Å². The highest BCUT2D eigenvalue weighted by molar-refractivity contribution is 7.98. The van der Waals surface area contributed by atoms with E-state index in [0.29, 0.717) is 11.5 Å². The molecule has 2 heteroatoms. The molecule has 0 saturated carbocycles. The average molecular weight is 237 g/mol. The molecule has 0 aliphatic rings. The van der Waals surface area contributed by atoms with Crippen LogP contribution in [0.1, 0.15) is 26.3 Å². The minimum Gasteiger partial charge on any atom is -0.316 e. The van der Waals surface area contributed by atoms with Crippen LogP contribution in [-0.2, 0) is 5.75 Å². The summed E-state index contributed by atoms with van der Waals surface area (Å²) in [6, 6.07) is 11.2. The van der Waals surface area contributed by atoms with Gasteiger partial charge in [0.05, 0.1) is 0 Å². The summed E-state index contributed by atoms with van der Waals surface area (Å²) in [6.07, 6.45) is 0. The van der Waals surface area contributed by atoms with Gasteiger partial charge < -0.3 is 5.32 Å². The van der Waals surface area contributed by atoms with E-state index in [1.165, 1.54) is 5.56 Å². The van der Waals surface area contributed by atoms with E-state index in [4.69, 9.17) is 0 Å². The van der Waals surface area contributed by atoms with Crippen molar-refractivity contribution in [2.75, 3.05) is 12.8 Å². The van der Waals surface area contributed by atoms with Crippen LogP contribution in [0.25, 0.3) is 0 Å². The zero-order valence-electron chi connectivity index (χ0n) is 10.8. The van der Waals surface area contributed by atoms with E-state index in [1.54, 1.807) is 0 Å². The van der Waals surface area contributed by atoms with Crippen LogP contribution in [0.5, 0.6) is 0 Å². The van der Waals surface area contributed by atoms with Crippen molar-refractivity contribution in [1.82, 2.24) is 5.32 Å². The normalized spacial score (nSPS) is 13.8. The molecule has 0 fully saturated rings. The smallest absolute Gasteiger partial charge is 0.0203 e. The van der Waals surface area contributed by atoms with Gasteiger partial charge in [0.2, 0.25) is 0 Å². The van der Waals surface area contributed by atoms with Crippen molar-refractivity contribution < 1.29 is 0 Å². The summed E-state index contributed by atoms with van der Waals surface area (Å²) in [5.74, 6) is 2.27. The molecule has 1 atom stereocenters. The zero-order chi connectivity index (χ0) is 12.0. The lowest BCUT2D eigenvalue weighted by Gasteiger charge is -2.30. The molecule has 0 aliphatic heterocycles. The highest BCUT2D eigenvalue weighted by atomic mass is 32.2. The summed E-state index contributed by atoms with van der Waals surface area (Å²) < 4.78 is 0. The zero-order valence-corrected chi connectivity index (χ0v) is 11.6. The van der Waals surface area contributed by atoms with Crippen LogP contribution in [0.2, 0.25) is 0 Å². The SMILES string of the molecule is CNC(CSCc1ccccc1)C(C)(C)C. The van der Waals surface area contributed by atoms with Crippen molar-refractivity contribution in [3.63, 3.8) is 0 Å². The summed E-state index contributed by atoms with van der Waals surface area (Å²) in [7, 11) is 2.05. The van der Waals surface area contributed by atoms with Crippen molar-refractivity contribution in [3.05, 3.63) is 35.9 Å². The molecule has 0 aromatic heterocycles. The molecule has 0 bridgehead atoms. The molecule has 1 aromatic rings. The third-order valence-corrected chi connectivity index (χ3v) is 3.90. The fourth-order valence-corrected chi connectivity index (χ4v) is 3.08. The Morgan fingerprint density at radius 2 is 1.81 bits per heavy atom. The summed E-state index contributed by atoms with van der Waals surface area (Å²) >= 11 is 2.00. The summed E-state index contributed by atoms with van der Waals surface area (Å²) in [5, 5.41) is 3.41. The average Bonchev–Trinajstić information content (AvgIpc) is 2.24. The van der Waals surface area contributed by atoms with E-state index < -0.39 is 0 Å². The Hall–Kier alpha value is -0.470. The van der Waals surface area contributed by atoms with Gasteiger partial charge in [0.15, 0.2) is 0 Å². The third kappa shape index (κ3) is 4.58. The van der Waals surface area contributed by atoms with Gasteiger partial charge in [-0.3, -0.25) is 0 Å². The van der Waals surface area contributed by atoms with Gasteiger partial charge in [-0.05, 0) is 18.0 Å². The highest BCUT2D eigenvalue weighted by Crippen LogP contribution is 2.23. The molecule has 1 rings (SSSR count). The number of thioether (sulfide) groups is 1. The van der Waals surface area contributed by atoms with Crippen LogP contribution in [-0.4, -0.2) is 18.8 Å². The van der Waals surface area contributed by atoms with Crippen LogP contribution in [0.4, 0.5) is 0 Å². The van der Waals surface area contributed by atoms with Crippen molar-refractivity contribution >= 4 is 11.8 Å². The highest BCUT2D eigenvalue weighted by Gasteiger charge is 2.22. The van der Waals surface area contributed by atoms with Gasteiger partial charge >= 0.3 is 0 Å². The molecule has 1 nitrogen and oxygen atoms in total. The Bertz CT molecular complexity index is 289. The quantitative estimate of drug-likeness (QED) is 0.840. The van der Waals surface area contributed by atoms with Gasteiger partial charge in [-0.1, -0.05) is 51.1 Å². The number of rotatable bonds is 5. The van der Waals surface area contributed by atoms with Crippen LogP contribution in [0.3, 0.4) is 0 Å². The number of hydrogen-bond donors (Lipinski definition) is 1. The van der Waals surface area contributed by atoms with Crippen LogP contribution in [0.15, 0.2) is 30.3 Å². The fourth-order valence-electron chi connectivity index (χ4n) is 1.64. The molecular formula is C14H23NS. The van der Waals surface area contributed by atoms with E-state index in [-0.39, 0.29) is 0 Å². The second-order valence-corrected chi connectivity index (χ2v) is 6.24. The Labute approximate surface area is 104 Å². The predicted octanol–water partition coefficient (Wildman–Crippen LogP) is 3.55. The second kappa shape index (κ2) is 6.31. The molecule has 0 amide bonds. The predicted molar refractivity (Wildman–Crippen MR) is 74.9 cm³/mol. The first-order valence-electron chi connectivity index (χ1n) is 5.83. The van der Waals surface area contributed by atoms with Gasteiger partial charge in [0, 0.05) is 17.5 Å². The molecule has 0 aliphatic carbocycles. The standard InChI is InChI=1S/C14H23NS/c1-14(2,3)13(15-4)11-16-10-12-8-6-5-7-9-12/h5-9,13,15H,10-11H2,1-4H3. The Morgan fingerprint density at radius 1 is 1.19 bits per heavy atom. The van der Waals surface area contributed by atoms with Crippen molar-refractivity contribution in [3.8, 4) is 0 Å². The van der Waals surface area contributed by atoms with Gasteiger partial charge in [0.1, 0.15) is 0 Å². The number of benzene rings is 1. The molecule has 0 radical (unpaired) electrons. The molecule has 0 saturated heterocycles. The monoisotopic (exact) mass is 237 g/mol. The molecule has 1 N–H and O–H groups in total. The first-order chi connectivity index (χ1) is 7.54. The van der Waals surface area contributed by atoms with E-state index in [1.807, 2.05) is 11.8 Å². The Kier molecular flexibility index (Phi) is 5.36. The van der Waals surface area contributed by atoms with E-state index in [2.05, 4.69) is 63.5 Å². The van der Waals surface area contributed by atoms with Gasteiger partial charge in [-0.2, -0.15) is 11.8 Å². The van der Waals surface area contributed by atoms with Crippen molar-refractivity contribution in [2.24, 2.45) is 5.41 Å². The first-order valence-corrected chi connectivity index (χ1v) is 6.98. The second-order valence-electron chi connectivity index (χ2n) is 5.21. The Balaban J connectivity index is 2.35. The lowest BCUT2D eigenvalue weighted by molar-refractivity contribution is 0.305. The van der Waals surface area contributed by atoms with Crippen LogP contribution >= 0.6 is 11.8 Å². The molecule has 0 heterocycles. The fraction of sp³-hybridized carbons (Fsp3) is 0.571. The Morgan fingerprint density at radius 3 is 2.31 bits per heavy atom. The van der Waals surface area contributed by atoms with Gasteiger partial charge in [0.25, 0.3) is 0 Å². The minimum atomic E-state index is 0.332. The molecule has 0 spiro atoms. The van der Waals surface area contributed by atoms with Crippen molar-refractivity contribution in [2.45, 2.75) is 32.6 Å². The maximum atomic E-state index is 3.41. The van der Waals surface area contributed by atoms with Crippen LogP contribution < -0.4 is 5.32 Å². The molecule has 1 aromatic carbocycles. The third-order valence-electron chi connectivity index (χ3n) is 2.79. The van der Waals surface area contributed by atoms with E-state index >= 15 is 0 Å². The largest absolute Gasteiger partial charge is 0.316 e. The summed E-state index contributed by atoms with van der Waals surface area (Å²) in [6.45, 7) is 6.87. The van der Waals surface area contributed by atoms with Crippen molar-refractivity contribution in [1.29, 1.82) is 0 Å². The molecule has 90 valence electrons. The number of nitrogens with one attached hydrogen (secondary N) is 1. The molecule has 16 heavy (non-hydrogen) atoms. The lowest BCUT2D eigenvalue weighted by Crippen LogP contribution is -2.40. The van der Waals surface area contributed by atoms with E-state index in [0.717, 1.165) is 11.5 Å². The van der Waals surface area contributed by atoms with Crippen LogP contribution in [0, 0.1) is 5.41 Å². The molecular weight excluding hydrogens is 214 g/mol. The summed E-state index contributed by atoms with van der Waals surface area (Å²) in [4.78, 5) is 0. The topological polar surface area (TPSA) is 12.0 Å². The molecule has 1 unspecified atom stereocenters. The summed E-state index contributed by atoms with van der Waals surface area (Å²) in [5.41, 5.74) is 1.74. The first kappa shape index (κ1) is 13.6. The minimum absolute atomic E-state index is 0.332. The van der Waals surface area contributed by atoms with Gasteiger partial charge in [-0.15, -0.1) is 0 Å². The maximum Gasteiger partial charge on any atom is 0.0203 e.